The number of rotatable bonds is 16. The summed E-state index contributed by atoms with van der Waals surface area (Å²) in [4.78, 5) is 39.1. The van der Waals surface area contributed by atoms with E-state index in [1.165, 1.54) is 35.2 Å². The van der Waals surface area contributed by atoms with Crippen LogP contribution in [0.25, 0.3) is 11.1 Å². The minimum Gasteiger partial charge on any atom is -0.384 e. The molecule has 0 saturated heterocycles. The lowest BCUT2D eigenvalue weighted by molar-refractivity contribution is -0.132. The fourth-order valence-corrected chi connectivity index (χ4v) is 6.21. The van der Waals surface area contributed by atoms with Gasteiger partial charge in [0.2, 0.25) is 11.8 Å². The fourth-order valence-electron chi connectivity index (χ4n) is 4.64. The van der Waals surface area contributed by atoms with Crippen LogP contribution >= 0.6 is 12.6 Å². The number of aliphatic hydroxyl groups excluding tert-OH is 1. The number of unbranched alkanes of at least 4 members (excludes halogenated alkanes) is 1. The Bertz CT molecular complexity index is 1570. The zero-order valence-electron chi connectivity index (χ0n) is 25.4. The Morgan fingerprint density at radius 2 is 1.69 bits per heavy atom. The van der Waals surface area contributed by atoms with Crippen molar-refractivity contribution in [2.45, 2.75) is 57.1 Å². The summed E-state index contributed by atoms with van der Waals surface area (Å²) in [6, 6.07) is 19.6. The van der Waals surface area contributed by atoms with Crippen LogP contribution in [0.5, 0.6) is 0 Å². The van der Waals surface area contributed by atoms with Crippen molar-refractivity contribution in [1.29, 1.82) is 0 Å². The van der Waals surface area contributed by atoms with Crippen LogP contribution in [0.4, 0.5) is 4.39 Å². The average Bonchev–Trinajstić information content (AvgIpc) is 3.02. The quantitative estimate of drug-likeness (QED) is 0.172. The van der Waals surface area contributed by atoms with Gasteiger partial charge in [0.25, 0.3) is 15.9 Å². The molecule has 0 aliphatic carbocycles. The molecule has 0 heterocycles. The first-order chi connectivity index (χ1) is 21.5. The molecule has 0 aliphatic rings. The van der Waals surface area contributed by atoms with Crippen LogP contribution in [0.15, 0.2) is 77.7 Å². The Labute approximate surface area is 269 Å². The third-order valence-electron chi connectivity index (χ3n) is 7.21. The van der Waals surface area contributed by atoms with Gasteiger partial charge in [-0.25, -0.2) is 17.5 Å². The second kappa shape index (κ2) is 17.1. The molecular weight excluding hydrogens is 618 g/mol. The Hall–Kier alpha value is -3.74. The van der Waals surface area contributed by atoms with Crippen molar-refractivity contribution in [2.24, 2.45) is 5.92 Å². The Morgan fingerprint density at radius 1 is 1.00 bits per heavy atom. The number of thiol groups is 1. The van der Waals surface area contributed by atoms with Gasteiger partial charge in [0.1, 0.15) is 11.9 Å². The number of benzene rings is 3. The van der Waals surface area contributed by atoms with Crippen LogP contribution in [0.2, 0.25) is 0 Å². The van der Waals surface area contributed by atoms with Gasteiger partial charge >= 0.3 is 0 Å². The number of hydrogen-bond donors (Lipinski definition) is 4. The van der Waals surface area contributed by atoms with E-state index in [0.717, 1.165) is 18.9 Å². The third-order valence-corrected chi connectivity index (χ3v) is 9.06. The zero-order chi connectivity index (χ0) is 33.0. The maximum atomic E-state index is 15.5. The number of nitrogens with zero attached hydrogens (tertiary/aromatic N) is 1. The lowest BCUT2D eigenvalue weighted by Gasteiger charge is -2.24. The summed E-state index contributed by atoms with van der Waals surface area (Å²) in [5.41, 5.74) is 1.64. The summed E-state index contributed by atoms with van der Waals surface area (Å²) in [5.74, 6) is -2.08. The predicted octanol–water partition coefficient (Wildman–Crippen LogP) is 4.10. The number of carbonyl (C=O) groups excluding carboxylic acids is 3. The van der Waals surface area contributed by atoms with Gasteiger partial charge in [-0.2, -0.15) is 12.6 Å². The minimum absolute atomic E-state index is 0.0467. The Kier molecular flexibility index (Phi) is 13.6. The van der Waals surface area contributed by atoms with Crippen molar-refractivity contribution in [3.63, 3.8) is 0 Å². The van der Waals surface area contributed by atoms with Crippen LogP contribution in [0, 0.1) is 11.7 Å². The number of nitrogens with one attached hydrogen (secondary N) is 2. The van der Waals surface area contributed by atoms with E-state index in [1.54, 1.807) is 12.1 Å². The summed E-state index contributed by atoms with van der Waals surface area (Å²) < 4.78 is 43.1. The molecule has 9 nitrogen and oxygen atoms in total. The molecular formula is C33H40FN3O6S2. The average molecular weight is 658 g/mol. The van der Waals surface area contributed by atoms with Crippen molar-refractivity contribution < 1.29 is 32.3 Å². The summed E-state index contributed by atoms with van der Waals surface area (Å²) >= 11 is 4.35. The van der Waals surface area contributed by atoms with Gasteiger partial charge in [-0.3, -0.25) is 14.4 Å². The molecule has 0 spiro atoms. The Balaban J connectivity index is 1.76. The SMILES string of the molecule is CCCCC(=O)N(CCNC(=O)[C@@H](CS)Cc1ccccc1)Cc1ccc(-c2ccccc2S(=O)(=O)NC(=O)[C@H](C)O)cc1F. The molecule has 45 heavy (non-hydrogen) atoms. The smallest absolute Gasteiger partial charge is 0.264 e. The molecule has 3 aromatic carbocycles. The van der Waals surface area contributed by atoms with Crippen LogP contribution in [0.3, 0.4) is 0 Å². The van der Waals surface area contributed by atoms with Gasteiger partial charge in [0.05, 0.1) is 10.8 Å². The lowest BCUT2D eigenvalue weighted by atomic mass is 10.0. The largest absolute Gasteiger partial charge is 0.384 e. The zero-order valence-corrected chi connectivity index (χ0v) is 27.1. The molecule has 3 aromatic rings. The molecule has 0 aliphatic heterocycles. The first-order valence-corrected chi connectivity index (χ1v) is 16.9. The summed E-state index contributed by atoms with van der Waals surface area (Å²) in [6.45, 7) is 3.41. The maximum Gasteiger partial charge on any atom is 0.264 e. The first kappa shape index (κ1) is 35.7. The van der Waals surface area contributed by atoms with Crippen molar-refractivity contribution in [3.8, 4) is 11.1 Å². The minimum atomic E-state index is -4.36. The topological polar surface area (TPSA) is 133 Å². The standard InChI is InChI=1S/C33H40FN3O6S2/c1-3-4-14-31(39)37(18-17-35-33(41)27(22-44)19-24-10-6-5-7-11-24)21-26-16-15-25(20-29(26)34)28-12-8-9-13-30(28)45(42,43)36-32(40)23(2)38/h5-13,15-16,20,23,27,38,44H,3-4,14,17-19,21-22H2,1-2H3,(H,35,41)(H,36,40)/t23-,27+/m0/s1. The molecule has 3 N–H and O–H groups in total. The van der Waals surface area contributed by atoms with E-state index in [0.29, 0.717) is 18.6 Å². The maximum absolute atomic E-state index is 15.5. The summed E-state index contributed by atoms with van der Waals surface area (Å²) in [7, 11) is -4.36. The van der Waals surface area contributed by atoms with Crippen molar-refractivity contribution in [3.05, 3.63) is 89.7 Å². The van der Waals surface area contributed by atoms with Crippen molar-refractivity contribution in [1.82, 2.24) is 14.9 Å². The molecule has 0 radical (unpaired) electrons. The highest BCUT2D eigenvalue weighted by atomic mass is 32.2. The van der Waals surface area contributed by atoms with E-state index in [-0.39, 0.29) is 65.4 Å². The van der Waals surface area contributed by atoms with Gasteiger partial charge in [0, 0.05) is 42.9 Å². The first-order valence-electron chi connectivity index (χ1n) is 14.8. The second-order valence-electron chi connectivity index (χ2n) is 10.7. The second-order valence-corrected chi connectivity index (χ2v) is 12.7. The van der Waals surface area contributed by atoms with E-state index in [9.17, 15) is 27.9 Å². The number of halogens is 1. The number of sulfonamides is 1. The monoisotopic (exact) mass is 657 g/mol. The normalized spacial score (nSPS) is 12.6. The van der Waals surface area contributed by atoms with Crippen LogP contribution in [-0.2, 0) is 37.4 Å². The van der Waals surface area contributed by atoms with Crippen LogP contribution in [0.1, 0.15) is 44.2 Å². The lowest BCUT2D eigenvalue weighted by Crippen LogP contribution is -2.40. The van der Waals surface area contributed by atoms with Gasteiger partial charge in [0.15, 0.2) is 0 Å². The molecule has 0 unspecified atom stereocenters. The van der Waals surface area contributed by atoms with E-state index < -0.39 is 27.9 Å². The van der Waals surface area contributed by atoms with E-state index in [2.05, 4.69) is 17.9 Å². The predicted molar refractivity (Wildman–Crippen MR) is 174 cm³/mol. The van der Waals surface area contributed by atoms with Gasteiger partial charge in [-0.1, -0.05) is 74.0 Å². The van der Waals surface area contributed by atoms with Crippen molar-refractivity contribution in [2.75, 3.05) is 18.8 Å². The number of amides is 3. The fraction of sp³-hybridized carbons (Fsp3) is 0.364. The molecule has 2 atom stereocenters. The van der Waals surface area contributed by atoms with Crippen molar-refractivity contribution >= 4 is 40.4 Å². The molecule has 3 amide bonds. The highest BCUT2D eigenvalue weighted by molar-refractivity contribution is 7.90. The molecule has 0 aromatic heterocycles. The molecule has 242 valence electrons. The highest BCUT2D eigenvalue weighted by Gasteiger charge is 2.24. The van der Waals surface area contributed by atoms with Gasteiger partial charge in [-0.05, 0) is 43.0 Å². The molecule has 0 bridgehead atoms. The van der Waals surface area contributed by atoms with Gasteiger partial charge < -0.3 is 15.3 Å². The molecule has 12 heteroatoms. The summed E-state index contributed by atoms with van der Waals surface area (Å²) in [6.07, 6.45) is 0.741. The van der Waals surface area contributed by atoms with Crippen LogP contribution in [-0.4, -0.2) is 61.1 Å². The highest BCUT2D eigenvalue weighted by Crippen LogP contribution is 2.29. The number of aliphatic hydroxyl groups is 1. The van der Waals surface area contributed by atoms with Gasteiger partial charge in [-0.15, -0.1) is 0 Å². The van der Waals surface area contributed by atoms with E-state index in [4.69, 9.17) is 0 Å². The molecule has 0 fully saturated rings. The van der Waals surface area contributed by atoms with Crippen LogP contribution < -0.4 is 10.0 Å². The van der Waals surface area contributed by atoms with E-state index in [1.807, 2.05) is 42.0 Å². The number of carbonyl (C=O) groups is 3. The Morgan fingerprint density at radius 3 is 2.33 bits per heavy atom. The molecule has 3 rings (SSSR count). The third kappa shape index (κ3) is 10.4. The number of hydrogen-bond acceptors (Lipinski definition) is 7. The van der Waals surface area contributed by atoms with E-state index >= 15 is 4.39 Å². The molecule has 0 saturated carbocycles. The summed E-state index contributed by atoms with van der Waals surface area (Å²) in [5, 5.41) is 12.3.